The molecule has 1 saturated carbocycles. The molecular formula is C17H21FN4. The third-order valence-electron chi connectivity index (χ3n) is 4.12. The van der Waals surface area contributed by atoms with Crippen LogP contribution in [0.4, 0.5) is 10.1 Å². The van der Waals surface area contributed by atoms with E-state index in [2.05, 4.69) is 15.3 Å². The minimum absolute atomic E-state index is 0.286. The van der Waals surface area contributed by atoms with Gasteiger partial charge in [0.25, 0.3) is 0 Å². The first-order valence-corrected chi connectivity index (χ1v) is 7.85. The summed E-state index contributed by atoms with van der Waals surface area (Å²) in [5.41, 5.74) is 7.95. The highest BCUT2D eigenvalue weighted by Gasteiger charge is 2.25. The van der Waals surface area contributed by atoms with Gasteiger partial charge in [0.05, 0.1) is 23.1 Å². The van der Waals surface area contributed by atoms with Gasteiger partial charge in [0.1, 0.15) is 5.82 Å². The highest BCUT2D eigenvalue weighted by atomic mass is 19.1. The van der Waals surface area contributed by atoms with E-state index in [0.717, 1.165) is 37.2 Å². The summed E-state index contributed by atoms with van der Waals surface area (Å²) in [5, 5.41) is 3.36. The van der Waals surface area contributed by atoms with Gasteiger partial charge >= 0.3 is 0 Å². The summed E-state index contributed by atoms with van der Waals surface area (Å²) in [4.78, 5) is 9.00. The number of benzene rings is 1. The van der Waals surface area contributed by atoms with Crippen molar-refractivity contribution in [1.82, 2.24) is 9.97 Å². The van der Waals surface area contributed by atoms with Crippen LogP contribution in [-0.2, 0) is 0 Å². The maximum absolute atomic E-state index is 13.9. The Bertz CT molecular complexity index is 640. The van der Waals surface area contributed by atoms with Crippen LogP contribution in [0.1, 0.15) is 37.3 Å². The molecule has 1 aliphatic rings. The first-order valence-electron chi connectivity index (χ1n) is 7.85. The van der Waals surface area contributed by atoms with E-state index >= 15 is 0 Å². The summed E-state index contributed by atoms with van der Waals surface area (Å²) >= 11 is 0. The number of anilines is 1. The lowest BCUT2D eigenvalue weighted by atomic mass is 9.82. The Labute approximate surface area is 130 Å². The van der Waals surface area contributed by atoms with Gasteiger partial charge in [-0.1, -0.05) is 18.6 Å². The first kappa shape index (κ1) is 14.9. The number of halogens is 1. The van der Waals surface area contributed by atoms with Crippen LogP contribution in [0.5, 0.6) is 0 Å². The van der Waals surface area contributed by atoms with Crippen molar-refractivity contribution in [2.45, 2.75) is 31.6 Å². The van der Waals surface area contributed by atoms with Crippen molar-refractivity contribution in [3.05, 3.63) is 42.0 Å². The van der Waals surface area contributed by atoms with Crippen LogP contribution in [0.15, 0.2) is 30.5 Å². The Morgan fingerprint density at radius 1 is 1.27 bits per heavy atom. The molecule has 0 amide bonds. The lowest BCUT2D eigenvalue weighted by molar-refractivity contribution is 0.412. The van der Waals surface area contributed by atoms with Gasteiger partial charge in [0.15, 0.2) is 5.82 Å². The van der Waals surface area contributed by atoms with Crippen LogP contribution < -0.4 is 11.1 Å². The third-order valence-corrected chi connectivity index (χ3v) is 4.12. The number of hydrogen-bond acceptors (Lipinski definition) is 4. The van der Waals surface area contributed by atoms with Crippen molar-refractivity contribution in [1.29, 1.82) is 0 Å². The molecule has 0 atom stereocenters. The molecule has 0 saturated heterocycles. The van der Waals surface area contributed by atoms with Crippen LogP contribution in [0.25, 0.3) is 11.4 Å². The second kappa shape index (κ2) is 6.83. The van der Waals surface area contributed by atoms with Gasteiger partial charge in [0, 0.05) is 12.5 Å². The molecule has 1 fully saturated rings. The molecule has 4 nitrogen and oxygen atoms in total. The van der Waals surface area contributed by atoms with Gasteiger partial charge in [-0.25, -0.2) is 14.4 Å². The lowest BCUT2D eigenvalue weighted by Crippen LogP contribution is -2.16. The van der Waals surface area contributed by atoms with E-state index in [-0.39, 0.29) is 5.82 Å². The molecule has 22 heavy (non-hydrogen) atoms. The lowest BCUT2D eigenvalue weighted by Gasteiger charge is -2.27. The summed E-state index contributed by atoms with van der Waals surface area (Å²) < 4.78 is 13.9. The van der Waals surface area contributed by atoms with Gasteiger partial charge in [-0.2, -0.15) is 0 Å². The molecule has 2 aromatic rings. The minimum atomic E-state index is -0.286. The predicted octanol–water partition coefficient (Wildman–Crippen LogP) is 3.31. The van der Waals surface area contributed by atoms with E-state index in [9.17, 15) is 4.39 Å². The molecule has 0 spiro atoms. The number of rotatable bonds is 6. The molecule has 1 heterocycles. The maximum Gasteiger partial charge on any atom is 0.162 e. The summed E-state index contributed by atoms with van der Waals surface area (Å²) in [6.07, 6.45) is 6.18. The number of aromatic nitrogens is 2. The third kappa shape index (κ3) is 3.09. The fraction of sp³-hybridized carbons (Fsp3) is 0.412. The number of nitrogens with zero attached hydrogens (tertiary/aromatic N) is 2. The standard InChI is InChI=1S/C17H21FN4/c18-14-8-2-1-7-13(14)17-21-11-15(20-10-4-9-19)16(22-17)12-5-3-6-12/h1-2,7-8,11-12,20H,3-6,9-10,19H2. The molecule has 116 valence electrons. The van der Waals surface area contributed by atoms with Crippen LogP contribution in [-0.4, -0.2) is 23.1 Å². The molecule has 0 radical (unpaired) electrons. The average molecular weight is 300 g/mol. The summed E-state index contributed by atoms with van der Waals surface area (Å²) in [6, 6.07) is 6.64. The zero-order valence-corrected chi connectivity index (χ0v) is 12.6. The Kier molecular flexibility index (Phi) is 4.63. The molecule has 0 aliphatic heterocycles. The fourth-order valence-corrected chi connectivity index (χ4v) is 2.62. The fourth-order valence-electron chi connectivity index (χ4n) is 2.62. The monoisotopic (exact) mass is 300 g/mol. The van der Waals surface area contributed by atoms with E-state index in [0.29, 0.717) is 23.9 Å². The quantitative estimate of drug-likeness (QED) is 0.803. The van der Waals surface area contributed by atoms with Crippen molar-refractivity contribution in [2.75, 3.05) is 18.4 Å². The van der Waals surface area contributed by atoms with Crippen molar-refractivity contribution in [2.24, 2.45) is 5.73 Å². The van der Waals surface area contributed by atoms with Crippen LogP contribution in [0, 0.1) is 5.82 Å². The molecule has 3 rings (SSSR count). The van der Waals surface area contributed by atoms with Crippen molar-refractivity contribution < 1.29 is 4.39 Å². The smallest absolute Gasteiger partial charge is 0.162 e. The average Bonchev–Trinajstić information content (AvgIpc) is 2.48. The van der Waals surface area contributed by atoms with Gasteiger partial charge in [-0.15, -0.1) is 0 Å². The van der Waals surface area contributed by atoms with Gasteiger partial charge in [0.2, 0.25) is 0 Å². The zero-order valence-electron chi connectivity index (χ0n) is 12.6. The summed E-state index contributed by atoms with van der Waals surface area (Å²) in [7, 11) is 0. The largest absolute Gasteiger partial charge is 0.382 e. The topological polar surface area (TPSA) is 63.8 Å². The zero-order chi connectivity index (χ0) is 15.4. The second-order valence-electron chi connectivity index (χ2n) is 5.67. The SMILES string of the molecule is NCCCNc1cnc(-c2ccccc2F)nc1C1CCC1. The number of nitrogens with two attached hydrogens (primary N) is 1. The molecule has 1 aromatic heterocycles. The number of hydrogen-bond donors (Lipinski definition) is 2. The Morgan fingerprint density at radius 2 is 2.09 bits per heavy atom. The van der Waals surface area contributed by atoms with E-state index in [1.54, 1.807) is 24.4 Å². The second-order valence-corrected chi connectivity index (χ2v) is 5.67. The summed E-state index contributed by atoms with van der Waals surface area (Å²) in [5.74, 6) is 0.629. The molecule has 0 unspecified atom stereocenters. The highest BCUT2D eigenvalue weighted by Crippen LogP contribution is 2.39. The van der Waals surface area contributed by atoms with Crippen molar-refractivity contribution >= 4 is 5.69 Å². The highest BCUT2D eigenvalue weighted by molar-refractivity contribution is 5.59. The first-order chi connectivity index (χ1) is 10.8. The normalized spacial score (nSPS) is 14.6. The van der Waals surface area contributed by atoms with E-state index in [1.807, 2.05) is 0 Å². The maximum atomic E-state index is 13.9. The van der Waals surface area contributed by atoms with Gasteiger partial charge in [-0.3, -0.25) is 0 Å². The van der Waals surface area contributed by atoms with Crippen molar-refractivity contribution in [3.8, 4) is 11.4 Å². The number of nitrogens with one attached hydrogen (secondary N) is 1. The van der Waals surface area contributed by atoms with Crippen LogP contribution in [0.2, 0.25) is 0 Å². The molecule has 0 bridgehead atoms. The molecular weight excluding hydrogens is 279 g/mol. The Morgan fingerprint density at radius 3 is 2.77 bits per heavy atom. The van der Waals surface area contributed by atoms with Crippen LogP contribution in [0.3, 0.4) is 0 Å². The Balaban J connectivity index is 1.91. The predicted molar refractivity (Wildman–Crippen MR) is 86.2 cm³/mol. The van der Waals surface area contributed by atoms with Crippen LogP contribution >= 0.6 is 0 Å². The molecule has 5 heteroatoms. The molecule has 1 aromatic carbocycles. The van der Waals surface area contributed by atoms with E-state index in [1.165, 1.54) is 12.5 Å². The Hall–Kier alpha value is -2.01. The molecule has 3 N–H and O–H groups in total. The van der Waals surface area contributed by atoms with E-state index < -0.39 is 0 Å². The molecule has 1 aliphatic carbocycles. The van der Waals surface area contributed by atoms with Gasteiger partial charge in [-0.05, 0) is 37.9 Å². The minimum Gasteiger partial charge on any atom is -0.382 e. The van der Waals surface area contributed by atoms with E-state index in [4.69, 9.17) is 5.73 Å². The van der Waals surface area contributed by atoms with Crippen molar-refractivity contribution in [3.63, 3.8) is 0 Å². The van der Waals surface area contributed by atoms with Gasteiger partial charge < -0.3 is 11.1 Å². The summed E-state index contributed by atoms with van der Waals surface area (Å²) in [6.45, 7) is 1.46.